The molecule has 0 unspecified atom stereocenters. The summed E-state index contributed by atoms with van der Waals surface area (Å²) in [4.78, 5) is 0. The lowest BCUT2D eigenvalue weighted by molar-refractivity contribution is 0.752. The lowest BCUT2D eigenvalue weighted by atomic mass is 10.1. The van der Waals surface area contributed by atoms with E-state index in [9.17, 15) is 0 Å². The van der Waals surface area contributed by atoms with Crippen LogP contribution in [0.15, 0.2) is 36.5 Å². The molecule has 0 spiro atoms. The topological polar surface area (TPSA) is 17.0 Å². The van der Waals surface area contributed by atoms with Crippen molar-refractivity contribution < 1.29 is 0 Å². The summed E-state index contributed by atoms with van der Waals surface area (Å²) in [5.41, 5.74) is 5.41. The van der Waals surface area contributed by atoms with Gasteiger partial charge in [-0.25, -0.2) is 0 Å². The van der Waals surface area contributed by atoms with E-state index in [2.05, 4.69) is 60.3 Å². The zero-order valence-corrected chi connectivity index (χ0v) is 10.8. The highest BCUT2D eigenvalue weighted by atomic mass is 15.0. The van der Waals surface area contributed by atoms with Crippen molar-refractivity contribution in [3.05, 3.63) is 58.9 Å². The van der Waals surface area contributed by atoms with Crippen molar-refractivity contribution in [3.8, 4) is 0 Å². The predicted molar refractivity (Wildman–Crippen MR) is 72.2 cm³/mol. The molecule has 0 bridgehead atoms. The molecule has 0 fully saturated rings. The van der Waals surface area contributed by atoms with E-state index in [1.54, 1.807) is 0 Å². The van der Waals surface area contributed by atoms with Gasteiger partial charge in [-0.2, -0.15) is 0 Å². The van der Waals surface area contributed by atoms with E-state index in [-0.39, 0.29) is 0 Å². The van der Waals surface area contributed by atoms with Gasteiger partial charge >= 0.3 is 0 Å². The monoisotopic (exact) mass is 228 g/mol. The van der Waals surface area contributed by atoms with Gasteiger partial charge in [-0.1, -0.05) is 29.8 Å². The smallest absolute Gasteiger partial charge is 0.0472 e. The average molecular weight is 228 g/mol. The fourth-order valence-electron chi connectivity index (χ4n) is 2.15. The van der Waals surface area contributed by atoms with E-state index in [4.69, 9.17) is 0 Å². The number of rotatable bonds is 4. The largest absolute Gasteiger partial charge is 0.347 e. The van der Waals surface area contributed by atoms with Crippen LogP contribution in [-0.4, -0.2) is 11.6 Å². The molecule has 2 heteroatoms. The van der Waals surface area contributed by atoms with Crippen LogP contribution in [0, 0.1) is 13.8 Å². The predicted octanol–water partition coefficient (Wildman–Crippen LogP) is 2.87. The molecule has 1 N–H and O–H groups in total. The van der Waals surface area contributed by atoms with Crippen LogP contribution in [-0.2, 0) is 13.1 Å². The van der Waals surface area contributed by atoms with Gasteiger partial charge in [0.25, 0.3) is 0 Å². The molecule has 0 saturated heterocycles. The number of nitrogens with one attached hydrogen (secondary N) is 1. The molecular formula is C15H20N2. The normalized spacial score (nSPS) is 10.8. The molecule has 0 aliphatic heterocycles. The van der Waals surface area contributed by atoms with Gasteiger partial charge in [-0.3, -0.25) is 0 Å². The van der Waals surface area contributed by atoms with E-state index in [0.717, 1.165) is 13.1 Å². The molecule has 0 atom stereocenters. The second kappa shape index (κ2) is 5.19. The van der Waals surface area contributed by atoms with Gasteiger partial charge < -0.3 is 9.88 Å². The summed E-state index contributed by atoms with van der Waals surface area (Å²) in [7, 11) is 1.98. The van der Waals surface area contributed by atoms with E-state index in [0.29, 0.717) is 0 Å². The van der Waals surface area contributed by atoms with Crippen LogP contribution in [0.1, 0.15) is 22.4 Å². The van der Waals surface area contributed by atoms with Crippen molar-refractivity contribution in [1.82, 2.24) is 9.88 Å². The van der Waals surface area contributed by atoms with Crippen molar-refractivity contribution in [2.75, 3.05) is 7.05 Å². The van der Waals surface area contributed by atoms with Gasteiger partial charge in [0.2, 0.25) is 0 Å². The van der Waals surface area contributed by atoms with Crippen LogP contribution in [0.2, 0.25) is 0 Å². The molecule has 1 aromatic heterocycles. The first-order valence-electron chi connectivity index (χ1n) is 6.05. The van der Waals surface area contributed by atoms with E-state index in [1.165, 1.54) is 22.4 Å². The molecule has 90 valence electrons. The maximum Gasteiger partial charge on any atom is 0.0472 e. The molecule has 2 nitrogen and oxygen atoms in total. The van der Waals surface area contributed by atoms with E-state index >= 15 is 0 Å². The fourth-order valence-corrected chi connectivity index (χ4v) is 2.15. The maximum atomic E-state index is 3.20. The number of aromatic nitrogens is 1. The number of aryl methyl sites for hydroxylation is 1. The third-order valence-electron chi connectivity index (χ3n) is 3.15. The van der Waals surface area contributed by atoms with Crippen LogP contribution >= 0.6 is 0 Å². The number of benzene rings is 1. The minimum Gasteiger partial charge on any atom is -0.347 e. The van der Waals surface area contributed by atoms with Crippen molar-refractivity contribution in [2.24, 2.45) is 0 Å². The zero-order chi connectivity index (χ0) is 12.3. The molecular weight excluding hydrogens is 208 g/mol. The van der Waals surface area contributed by atoms with Gasteiger partial charge in [-0.15, -0.1) is 0 Å². The highest BCUT2D eigenvalue weighted by Crippen LogP contribution is 2.13. The fraction of sp³-hybridized carbons (Fsp3) is 0.333. The van der Waals surface area contributed by atoms with Crippen molar-refractivity contribution in [3.63, 3.8) is 0 Å². The van der Waals surface area contributed by atoms with Gasteiger partial charge in [0.1, 0.15) is 0 Å². The molecule has 2 rings (SSSR count). The molecule has 17 heavy (non-hydrogen) atoms. The summed E-state index contributed by atoms with van der Waals surface area (Å²) in [5, 5.41) is 3.20. The first-order chi connectivity index (χ1) is 8.20. The van der Waals surface area contributed by atoms with Crippen LogP contribution in [0.5, 0.6) is 0 Å². The number of hydrogen-bond donors (Lipinski definition) is 1. The Bertz CT molecular complexity index is 497. The molecule has 2 aromatic rings. The molecule has 0 aliphatic rings. The Hall–Kier alpha value is -1.54. The standard InChI is InChI=1S/C15H20N2/c1-12-5-4-6-14(9-12)11-17-8-7-15(10-16-3)13(17)2/h4-9,16H,10-11H2,1-3H3. The second-order valence-corrected chi connectivity index (χ2v) is 4.57. The maximum absolute atomic E-state index is 3.20. The summed E-state index contributed by atoms with van der Waals surface area (Å²) >= 11 is 0. The minimum absolute atomic E-state index is 0.937. The highest BCUT2D eigenvalue weighted by molar-refractivity contribution is 5.26. The number of nitrogens with zero attached hydrogens (tertiary/aromatic N) is 1. The zero-order valence-electron chi connectivity index (χ0n) is 10.8. The summed E-state index contributed by atoms with van der Waals surface area (Å²) < 4.78 is 2.31. The first-order valence-corrected chi connectivity index (χ1v) is 6.05. The van der Waals surface area contributed by atoms with E-state index < -0.39 is 0 Å². The van der Waals surface area contributed by atoms with Gasteiger partial charge in [0.05, 0.1) is 0 Å². The first kappa shape index (κ1) is 11.9. The summed E-state index contributed by atoms with van der Waals surface area (Å²) in [6, 6.07) is 10.9. The quantitative estimate of drug-likeness (QED) is 0.851. The Morgan fingerprint density at radius 2 is 2.00 bits per heavy atom. The van der Waals surface area contributed by atoms with Crippen LogP contribution in [0.25, 0.3) is 0 Å². The van der Waals surface area contributed by atoms with Gasteiger partial charge in [-0.05, 0) is 38.1 Å². The summed E-state index contributed by atoms with van der Waals surface area (Å²) in [6.07, 6.45) is 2.17. The molecule has 0 radical (unpaired) electrons. The van der Waals surface area contributed by atoms with E-state index in [1.807, 2.05) is 7.05 Å². The summed E-state index contributed by atoms with van der Waals surface area (Å²) in [6.45, 7) is 6.21. The highest BCUT2D eigenvalue weighted by Gasteiger charge is 2.04. The van der Waals surface area contributed by atoms with Crippen LogP contribution < -0.4 is 5.32 Å². The molecule has 0 saturated carbocycles. The third-order valence-corrected chi connectivity index (χ3v) is 3.15. The Morgan fingerprint density at radius 1 is 1.18 bits per heavy atom. The van der Waals surface area contributed by atoms with Crippen molar-refractivity contribution in [1.29, 1.82) is 0 Å². The molecule has 0 aliphatic carbocycles. The minimum atomic E-state index is 0.937. The molecule has 1 heterocycles. The lowest BCUT2D eigenvalue weighted by Gasteiger charge is -2.08. The van der Waals surface area contributed by atoms with Gasteiger partial charge in [0, 0.05) is 25.0 Å². The average Bonchev–Trinajstić information content (AvgIpc) is 2.62. The Morgan fingerprint density at radius 3 is 2.71 bits per heavy atom. The Kier molecular flexibility index (Phi) is 3.64. The second-order valence-electron chi connectivity index (χ2n) is 4.57. The lowest BCUT2D eigenvalue weighted by Crippen LogP contribution is -2.07. The van der Waals surface area contributed by atoms with Crippen LogP contribution in [0.3, 0.4) is 0 Å². The van der Waals surface area contributed by atoms with Gasteiger partial charge in [0.15, 0.2) is 0 Å². The molecule has 1 aromatic carbocycles. The SMILES string of the molecule is CNCc1ccn(Cc2cccc(C)c2)c1C. The summed E-state index contributed by atoms with van der Waals surface area (Å²) in [5.74, 6) is 0. The number of hydrogen-bond acceptors (Lipinski definition) is 1. The van der Waals surface area contributed by atoms with Crippen LogP contribution in [0.4, 0.5) is 0 Å². The van der Waals surface area contributed by atoms with Crippen molar-refractivity contribution >= 4 is 0 Å². The molecule has 0 amide bonds. The van der Waals surface area contributed by atoms with Crippen molar-refractivity contribution in [2.45, 2.75) is 26.9 Å². The third kappa shape index (κ3) is 2.77. The Labute approximate surface area is 103 Å². The Balaban J connectivity index is 2.19.